The minimum atomic E-state index is -3.08. The highest BCUT2D eigenvalue weighted by Gasteiger charge is 2.05. The van der Waals surface area contributed by atoms with Gasteiger partial charge in [-0.05, 0) is 17.7 Å². The quantitative estimate of drug-likeness (QED) is 0.608. The molecule has 0 unspecified atom stereocenters. The van der Waals surface area contributed by atoms with Gasteiger partial charge in [-0.25, -0.2) is 8.42 Å². The lowest BCUT2D eigenvalue weighted by Crippen LogP contribution is -2.12. The van der Waals surface area contributed by atoms with Crippen LogP contribution in [0, 0.1) is 0 Å². The molecule has 15 heavy (non-hydrogen) atoms. The standard InChI is InChI=1S/C11H15NO2S/c1-3-8-12-9-10-4-6-11(7-5-10)15(2,13)14/h3-7,12H,1,8-9H2,2H3. The highest BCUT2D eigenvalue weighted by atomic mass is 32.2. The summed E-state index contributed by atoms with van der Waals surface area (Å²) in [5.74, 6) is 0. The van der Waals surface area contributed by atoms with Gasteiger partial charge in [0.1, 0.15) is 0 Å². The molecule has 0 aromatic heterocycles. The van der Waals surface area contributed by atoms with Crippen molar-refractivity contribution in [2.24, 2.45) is 0 Å². The molecule has 1 rings (SSSR count). The molecule has 0 fully saturated rings. The van der Waals surface area contributed by atoms with Crippen LogP contribution in [0.4, 0.5) is 0 Å². The molecule has 4 heteroatoms. The third kappa shape index (κ3) is 3.85. The molecule has 0 heterocycles. The lowest BCUT2D eigenvalue weighted by Gasteiger charge is -2.03. The van der Waals surface area contributed by atoms with Crippen molar-refractivity contribution in [1.82, 2.24) is 5.32 Å². The van der Waals surface area contributed by atoms with Crippen molar-refractivity contribution in [2.45, 2.75) is 11.4 Å². The van der Waals surface area contributed by atoms with Gasteiger partial charge in [0.05, 0.1) is 4.90 Å². The Morgan fingerprint density at radius 1 is 1.33 bits per heavy atom. The first-order valence-corrected chi connectivity index (χ1v) is 6.54. The Bertz CT molecular complexity index is 420. The number of nitrogens with one attached hydrogen (secondary N) is 1. The van der Waals surface area contributed by atoms with Crippen LogP contribution in [0.2, 0.25) is 0 Å². The second kappa shape index (κ2) is 5.09. The van der Waals surface area contributed by atoms with E-state index < -0.39 is 9.84 Å². The van der Waals surface area contributed by atoms with Crippen LogP contribution >= 0.6 is 0 Å². The Kier molecular flexibility index (Phi) is 4.05. The average Bonchev–Trinajstić information content (AvgIpc) is 2.18. The first kappa shape index (κ1) is 11.9. The van der Waals surface area contributed by atoms with Crippen LogP contribution in [-0.2, 0) is 16.4 Å². The molecule has 0 aliphatic heterocycles. The monoisotopic (exact) mass is 225 g/mol. The Morgan fingerprint density at radius 2 is 1.93 bits per heavy atom. The predicted octanol–water partition coefficient (Wildman–Crippen LogP) is 1.37. The Labute approximate surface area is 90.7 Å². The SMILES string of the molecule is C=CCNCc1ccc(S(C)(=O)=O)cc1. The van der Waals surface area contributed by atoms with E-state index >= 15 is 0 Å². The molecule has 1 aromatic carbocycles. The van der Waals surface area contributed by atoms with E-state index in [0.717, 1.165) is 18.7 Å². The second-order valence-corrected chi connectivity index (χ2v) is 5.35. The van der Waals surface area contributed by atoms with E-state index in [0.29, 0.717) is 4.90 Å². The molecule has 3 nitrogen and oxygen atoms in total. The molecule has 82 valence electrons. The minimum Gasteiger partial charge on any atom is -0.309 e. The molecule has 0 spiro atoms. The maximum Gasteiger partial charge on any atom is 0.175 e. The van der Waals surface area contributed by atoms with E-state index in [1.54, 1.807) is 18.2 Å². The highest BCUT2D eigenvalue weighted by Crippen LogP contribution is 2.09. The average molecular weight is 225 g/mol. The van der Waals surface area contributed by atoms with Crippen molar-refractivity contribution in [3.05, 3.63) is 42.5 Å². The van der Waals surface area contributed by atoms with Crippen LogP contribution < -0.4 is 5.32 Å². The summed E-state index contributed by atoms with van der Waals surface area (Å²) in [4.78, 5) is 0.356. The topological polar surface area (TPSA) is 46.2 Å². The van der Waals surface area contributed by atoms with Crippen LogP contribution in [0.5, 0.6) is 0 Å². The molecule has 0 amide bonds. The summed E-state index contributed by atoms with van der Waals surface area (Å²) in [5, 5.41) is 3.14. The molecule has 0 atom stereocenters. The van der Waals surface area contributed by atoms with Gasteiger partial charge >= 0.3 is 0 Å². The van der Waals surface area contributed by atoms with Gasteiger partial charge in [0.15, 0.2) is 9.84 Å². The molecule has 0 saturated carbocycles. The zero-order valence-electron chi connectivity index (χ0n) is 8.73. The maximum absolute atomic E-state index is 11.2. The summed E-state index contributed by atoms with van der Waals surface area (Å²) >= 11 is 0. The predicted molar refractivity (Wildman–Crippen MR) is 61.5 cm³/mol. The maximum atomic E-state index is 11.2. The van der Waals surface area contributed by atoms with Crippen molar-refractivity contribution in [3.63, 3.8) is 0 Å². The summed E-state index contributed by atoms with van der Waals surface area (Å²) in [6.45, 7) is 5.06. The lowest BCUT2D eigenvalue weighted by atomic mass is 10.2. The molecule has 0 bridgehead atoms. The van der Waals surface area contributed by atoms with Crippen LogP contribution in [-0.4, -0.2) is 21.2 Å². The fourth-order valence-corrected chi connectivity index (χ4v) is 1.80. The summed E-state index contributed by atoms with van der Waals surface area (Å²) in [6.07, 6.45) is 2.99. The molecule has 0 aliphatic rings. The van der Waals surface area contributed by atoms with Crippen molar-refractivity contribution < 1.29 is 8.42 Å². The van der Waals surface area contributed by atoms with Crippen LogP contribution in [0.25, 0.3) is 0 Å². The molecule has 0 saturated heterocycles. The summed E-state index contributed by atoms with van der Waals surface area (Å²) in [5.41, 5.74) is 1.06. The van der Waals surface area contributed by atoms with Crippen LogP contribution in [0.15, 0.2) is 41.8 Å². The van der Waals surface area contributed by atoms with Gasteiger partial charge in [0.25, 0.3) is 0 Å². The van der Waals surface area contributed by atoms with Crippen LogP contribution in [0.1, 0.15) is 5.56 Å². The number of hydrogen-bond donors (Lipinski definition) is 1. The van der Waals surface area contributed by atoms with Crippen LogP contribution in [0.3, 0.4) is 0 Å². The van der Waals surface area contributed by atoms with Crippen molar-refractivity contribution in [3.8, 4) is 0 Å². The van der Waals surface area contributed by atoms with Gasteiger partial charge in [0, 0.05) is 19.3 Å². The Balaban J connectivity index is 2.69. The molecule has 0 radical (unpaired) electrons. The van der Waals surface area contributed by atoms with Gasteiger partial charge in [0.2, 0.25) is 0 Å². The lowest BCUT2D eigenvalue weighted by molar-refractivity contribution is 0.602. The highest BCUT2D eigenvalue weighted by molar-refractivity contribution is 7.90. The van der Waals surface area contributed by atoms with Crippen molar-refractivity contribution in [1.29, 1.82) is 0 Å². The third-order valence-corrected chi connectivity index (χ3v) is 3.10. The van der Waals surface area contributed by atoms with Crippen molar-refractivity contribution in [2.75, 3.05) is 12.8 Å². The summed E-state index contributed by atoms with van der Waals surface area (Å²) in [6, 6.07) is 6.87. The third-order valence-electron chi connectivity index (χ3n) is 1.97. The van der Waals surface area contributed by atoms with Gasteiger partial charge in [-0.2, -0.15) is 0 Å². The van der Waals surface area contributed by atoms with Gasteiger partial charge < -0.3 is 5.32 Å². The molecule has 0 aliphatic carbocycles. The van der Waals surface area contributed by atoms with E-state index in [4.69, 9.17) is 0 Å². The molecular weight excluding hydrogens is 210 g/mol. The van der Waals surface area contributed by atoms with Gasteiger partial charge in [-0.15, -0.1) is 6.58 Å². The fourth-order valence-electron chi connectivity index (χ4n) is 1.17. The molecule has 1 N–H and O–H groups in total. The molecule has 1 aromatic rings. The smallest absolute Gasteiger partial charge is 0.175 e. The zero-order valence-corrected chi connectivity index (χ0v) is 9.55. The number of sulfone groups is 1. The molecular formula is C11H15NO2S. The Morgan fingerprint density at radius 3 is 2.40 bits per heavy atom. The second-order valence-electron chi connectivity index (χ2n) is 3.34. The van der Waals surface area contributed by atoms with E-state index in [9.17, 15) is 8.42 Å². The van der Waals surface area contributed by atoms with Gasteiger partial charge in [-0.1, -0.05) is 18.2 Å². The van der Waals surface area contributed by atoms with E-state index in [1.807, 2.05) is 12.1 Å². The zero-order chi connectivity index (χ0) is 11.3. The fraction of sp³-hybridized carbons (Fsp3) is 0.273. The number of benzene rings is 1. The van der Waals surface area contributed by atoms with E-state index in [-0.39, 0.29) is 0 Å². The minimum absolute atomic E-state index is 0.356. The van der Waals surface area contributed by atoms with Gasteiger partial charge in [-0.3, -0.25) is 0 Å². The largest absolute Gasteiger partial charge is 0.309 e. The van der Waals surface area contributed by atoms with E-state index in [2.05, 4.69) is 11.9 Å². The number of hydrogen-bond acceptors (Lipinski definition) is 3. The number of rotatable bonds is 5. The van der Waals surface area contributed by atoms with Crippen molar-refractivity contribution >= 4 is 9.84 Å². The first-order chi connectivity index (χ1) is 7.04. The Hall–Kier alpha value is -1.13. The summed E-state index contributed by atoms with van der Waals surface area (Å²) < 4.78 is 22.4. The summed E-state index contributed by atoms with van der Waals surface area (Å²) in [7, 11) is -3.08. The van der Waals surface area contributed by atoms with E-state index in [1.165, 1.54) is 6.26 Å². The first-order valence-electron chi connectivity index (χ1n) is 4.64. The normalized spacial score (nSPS) is 11.3.